The van der Waals surface area contributed by atoms with Crippen molar-refractivity contribution < 1.29 is 36.2 Å². The van der Waals surface area contributed by atoms with Crippen LogP contribution < -0.4 is 14.2 Å². The molecule has 1 saturated heterocycles. The number of piperazine rings is 1. The van der Waals surface area contributed by atoms with Crippen LogP contribution in [0.5, 0.6) is 11.5 Å². The number of halogens is 3. The highest BCUT2D eigenvalue weighted by molar-refractivity contribution is 7.89. The molecule has 0 bridgehead atoms. The summed E-state index contributed by atoms with van der Waals surface area (Å²) >= 11 is 1.62. The third-order valence-corrected chi connectivity index (χ3v) is 8.36. The molecule has 4 rings (SSSR count). The average Bonchev–Trinajstić information content (AvgIpc) is 3.22. The van der Waals surface area contributed by atoms with Gasteiger partial charge in [0.2, 0.25) is 10.0 Å². The van der Waals surface area contributed by atoms with E-state index in [0.29, 0.717) is 45.0 Å². The zero-order valence-electron chi connectivity index (χ0n) is 20.6. The van der Waals surface area contributed by atoms with Crippen LogP contribution in [-0.4, -0.2) is 93.2 Å². The molecule has 1 aliphatic heterocycles. The number of aromatic nitrogens is 1. The average molecular weight is 575 g/mol. The van der Waals surface area contributed by atoms with Gasteiger partial charge < -0.3 is 14.6 Å². The van der Waals surface area contributed by atoms with Gasteiger partial charge in [-0.15, -0.1) is 24.5 Å². The van der Waals surface area contributed by atoms with Crippen molar-refractivity contribution in [3.05, 3.63) is 47.5 Å². The van der Waals surface area contributed by atoms with Gasteiger partial charge in [0.15, 0.2) is 0 Å². The molecule has 38 heavy (non-hydrogen) atoms. The lowest BCUT2D eigenvalue weighted by Gasteiger charge is -2.35. The van der Waals surface area contributed by atoms with E-state index in [4.69, 9.17) is 4.74 Å². The number of alkyl halides is 3. The Morgan fingerprint density at radius 3 is 2.42 bits per heavy atom. The Balaban J connectivity index is 1.14. The molecule has 14 heteroatoms. The first kappa shape index (κ1) is 28.5. The Morgan fingerprint density at radius 2 is 1.74 bits per heavy atom. The standard InChI is InChI=1S/C24H29F3N4O5S2/c1-17-29-22-14-20(4-7-23(22)37-17)35-16-18(32)15-31-12-10-30(11-13-31)9-8-28-38(33,34)21-5-2-19(3-6-21)36-24(25,26)27/h2-7,14,18,28,32H,8-13,15-16H2,1H3/t18-/m1/s1. The lowest BCUT2D eigenvalue weighted by molar-refractivity contribution is -0.274. The van der Waals surface area contributed by atoms with E-state index in [9.17, 15) is 26.7 Å². The van der Waals surface area contributed by atoms with Gasteiger partial charge in [-0.2, -0.15) is 0 Å². The van der Waals surface area contributed by atoms with E-state index in [2.05, 4.69) is 24.2 Å². The van der Waals surface area contributed by atoms with Crippen molar-refractivity contribution in [1.29, 1.82) is 0 Å². The normalized spacial score (nSPS) is 16.6. The maximum atomic E-state index is 12.4. The van der Waals surface area contributed by atoms with Crippen LogP contribution in [0.15, 0.2) is 47.4 Å². The topological polar surface area (TPSA) is 104 Å². The first-order valence-electron chi connectivity index (χ1n) is 12.0. The van der Waals surface area contributed by atoms with Crippen LogP contribution in [0.25, 0.3) is 10.2 Å². The molecule has 2 heterocycles. The number of sulfonamides is 1. The van der Waals surface area contributed by atoms with Crippen LogP contribution >= 0.6 is 11.3 Å². The number of nitrogens with one attached hydrogen (secondary N) is 1. The van der Waals surface area contributed by atoms with Crippen molar-refractivity contribution in [3.8, 4) is 11.5 Å². The summed E-state index contributed by atoms with van der Waals surface area (Å²) in [6.45, 7) is 6.07. The number of hydrogen-bond donors (Lipinski definition) is 2. The molecule has 0 unspecified atom stereocenters. The zero-order chi connectivity index (χ0) is 27.3. The monoisotopic (exact) mass is 574 g/mol. The quantitative estimate of drug-likeness (QED) is 0.361. The number of aliphatic hydroxyl groups excluding tert-OH is 1. The molecule has 0 saturated carbocycles. The minimum Gasteiger partial charge on any atom is -0.491 e. The fourth-order valence-electron chi connectivity index (χ4n) is 4.09. The van der Waals surface area contributed by atoms with Gasteiger partial charge in [0, 0.05) is 51.9 Å². The Kier molecular flexibility index (Phi) is 9.11. The van der Waals surface area contributed by atoms with Crippen LogP contribution in [0, 0.1) is 6.92 Å². The third-order valence-electron chi connectivity index (χ3n) is 5.93. The summed E-state index contributed by atoms with van der Waals surface area (Å²) in [6, 6.07) is 9.75. The molecule has 1 aliphatic rings. The molecule has 0 aliphatic carbocycles. The number of thiazole rings is 1. The molecular formula is C24H29F3N4O5S2. The molecule has 2 N–H and O–H groups in total. The molecule has 2 aromatic carbocycles. The van der Waals surface area contributed by atoms with Gasteiger partial charge >= 0.3 is 6.36 Å². The van der Waals surface area contributed by atoms with Gasteiger partial charge in [0.25, 0.3) is 0 Å². The predicted molar refractivity (Wildman–Crippen MR) is 137 cm³/mol. The Hall–Kier alpha value is -2.49. The Bertz CT molecular complexity index is 1310. The number of nitrogens with zero attached hydrogens (tertiary/aromatic N) is 3. The van der Waals surface area contributed by atoms with Crippen LogP contribution in [-0.2, 0) is 10.0 Å². The summed E-state index contributed by atoms with van der Waals surface area (Å²) in [6.07, 6.45) is -5.50. The summed E-state index contributed by atoms with van der Waals surface area (Å²) < 4.78 is 74.7. The van der Waals surface area contributed by atoms with E-state index in [-0.39, 0.29) is 18.0 Å². The fraction of sp³-hybridized carbons (Fsp3) is 0.458. The van der Waals surface area contributed by atoms with Crippen LogP contribution in [0.1, 0.15) is 5.01 Å². The van der Waals surface area contributed by atoms with Crippen molar-refractivity contribution in [2.45, 2.75) is 24.3 Å². The zero-order valence-corrected chi connectivity index (χ0v) is 22.3. The Labute approximate surface area is 222 Å². The lowest BCUT2D eigenvalue weighted by atomic mass is 10.2. The lowest BCUT2D eigenvalue weighted by Crippen LogP contribution is -2.50. The largest absolute Gasteiger partial charge is 0.573 e. The number of rotatable bonds is 11. The van der Waals surface area contributed by atoms with Gasteiger partial charge in [-0.25, -0.2) is 18.1 Å². The van der Waals surface area contributed by atoms with Crippen LogP contribution in [0.4, 0.5) is 13.2 Å². The maximum Gasteiger partial charge on any atom is 0.573 e. The minimum atomic E-state index is -4.84. The number of β-amino-alcohol motifs (C(OH)–C–C–N with tert-alkyl or cyclic N) is 1. The molecule has 208 valence electrons. The van der Waals surface area contributed by atoms with Gasteiger partial charge in [-0.1, -0.05) is 0 Å². The number of benzene rings is 2. The van der Waals surface area contributed by atoms with Gasteiger partial charge in [-0.05, 0) is 43.3 Å². The van der Waals surface area contributed by atoms with Crippen molar-refractivity contribution in [2.75, 3.05) is 52.4 Å². The van der Waals surface area contributed by atoms with Crippen LogP contribution in [0.2, 0.25) is 0 Å². The summed E-state index contributed by atoms with van der Waals surface area (Å²) in [5.74, 6) is 0.179. The van der Waals surface area contributed by atoms with Gasteiger partial charge in [0.1, 0.15) is 24.2 Å². The first-order chi connectivity index (χ1) is 18.0. The molecule has 1 fully saturated rings. The second-order valence-corrected chi connectivity index (χ2v) is 11.9. The molecule has 3 aromatic rings. The first-order valence-corrected chi connectivity index (χ1v) is 14.2. The van der Waals surface area contributed by atoms with E-state index in [0.717, 1.165) is 39.5 Å². The SMILES string of the molecule is Cc1nc2cc(OC[C@H](O)CN3CCN(CCNS(=O)(=O)c4ccc(OC(F)(F)F)cc4)CC3)ccc2s1. The van der Waals surface area contributed by atoms with Crippen molar-refractivity contribution >= 4 is 31.6 Å². The van der Waals surface area contributed by atoms with Gasteiger partial charge in [-0.3, -0.25) is 9.80 Å². The summed E-state index contributed by atoms with van der Waals surface area (Å²) in [7, 11) is -3.86. The molecule has 9 nitrogen and oxygen atoms in total. The number of ether oxygens (including phenoxy) is 2. The second-order valence-electron chi connectivity index (χ2n) is 8.89. The second kappa shape index (κ2) is 12.1. The third kappa shape index (κ3) is 8.25. The van der Waals surface area contributed by atoms with Crippen molar-refractivity contribution in [3.63, 3.8) is 0 Å². The maximum absolute atomic E-state index is 12.4. The van der Waals surface area contributed by atoms with Crippen molar-refractivity contribution in [1.82, 2.24) is 19.5 Å². The van der Waals surface area contributed by atoms with E-state index in [1.807, 2.05) is 25.1 Å². The minimum absolute atomic E-state index is 0.144. The predicted octanol–water partition coefficient (Wildman–Crippen LogP) is 2.84. The van der Waals surface area contributed by atoms with E-state index >= 15 is 0 Å². The molecule has 1 aromatic heterocycles. The highest BCUT2D eigenvalue weighted by atomic mass is 32.2. The number of hydrogen-bond acceptors (Lipinski definition) is 9. The fourth-order valence-corrected chi connectivity index (χ4v) is 5.92. The summed E-state index contributed by atoms with van der Waals surface area (Å²) in [4.78, 5) is 8.54. The van der Waals surface area contributed by atoms with E-state index in [1.54, 1.807) is 11.3 Å². The Morgan fingerprint density at radius 1 is 1.08 bits per heavy atom. The number of fused-ring (bicyclic) bond motifs is 1. The van der Waals surface area contributed by atoms with E-state index < -0.39 is 28.2 Å². The highest BCUT2D eigenvalue weighted by Gasteiger charge is 2.31. The summed E-state index contributed by atoms with van der Waals surface area (Å²) in [5, 5.41) is 11.4. The molecule has 0 spiro atoms. The van der Waals surface area contributed by atoms with Crippen LogP contribution in [0.3, 0.4) is 0 Å². The molecular weight excluding hydrogens is 545 g/mol. The van der Waals surface area contributed by atoms with Crippen molar-refractivity contribution in [2.24, 2.45) is 0 Å². The summed E-state index contributed by atoms with van der Waals surface area (Å²) in [5.41, 5.74) is 0.881. The molecule has 0 radical (unpaired) electrons. The van der Waals surface area contributed by atoms with Gasteiger partial charge in [0.05, 0.1) is 20.1 Å². The molecule has 1 atom stereocenters. The van der Waals surface area contributed by atoms with E-state index in [1.165, 1.54) is 0 Å². The number of aryl methyl sites for hydroxylation is 1. The highest BCUT2D eigenvalue weighted by Crippen LogP contribution is 2.26. The number of aliphatic hydroxyl groups is 1. The molecule has 0 amide bonds. The smallest absolute Gasteiger partial charge is 0.491 e.